The summed E-state index contributed by atoms with van der Waals surface area (Å²) in [6.07, 6.45) is 5.53. The van der Waals surface area contributed by atoms with Gasteiger partial charge in [-0.05, 0) is 49.8 Å². The van der Waals surface area contributed by atoms with E-state index in [4.69, 9.17) is 9.88 Å². The first-order valence-electron chi connectivity index (χ1n) is 7.31. The number of nitrogens with two attached hydrogens (primary N) is 1. The van der Waals surface area contributed by atoms with Gasteiger partial charge in [0.25, 0.3) is 0 Å². The summed E-state index contributed by atoms with van der Waals surface area (Å²) in [6, 6.07) is 3.36. The van der Waals surface area contributed by atoms with Gasteiger partial charge in [0, 0.05) is 4.47 Å². The summed E-state index contributed by atoms with van der Waals surface area (Å²) in [4.78, 5) is 0.0630. The maximum absolute atomic E-state index is 11.8. The molecule has 1 aliphatic rings. The molecule has 1 saturated carbocycles. The number of halogens is 1. The highest BCUT2D eigenvalue weighted by molar-refractivity contribution is 9.10. The number of aryl methyl sites for hydroxylation is 1. The molecule has 1 aromatic carbocycles. The second kappa shape index (κ2) is 6.67. The average molecular weight is 376 g/mol. The van der Waals surface area contributed by atoms with E-state index >= 15 is 0 Å². The minimum Gasteiger partial charge on any atom is -0.489 e. The standard InChI is InChI=1S/C15H22BrNO3S/c1-3-11-5-4-6-13(8-11)20-15-10(2)7-12(16)9-14(15)21(17,18)19/h7,9,11,13H,3-6,8H2,1-2H3,(H2,17,18,19). The molecule has 2 rings (SSSR count). The minimum absolute atomic E-state index is 0.0630. The van der Waals surface area contributed by atoms with Crippen molar-refractivity contribution in [3.63, 3.8) is 0 Å². The zero-order chi connectivity index (χ0) is 15.6. The predicted molar refractivity (Wildman–Crippen MR) is 86.9 cm³/mol. The molecule has 0 radical (unpaired) electrons. The van der Waals surface area contributed by atoms with Gasteiger partial charge in [0.2, 0.25) is 10.0 Å². The van der Waals surface area contributed by atoms with Gasteiger partial charge in [-0.25, -0.2) is 13.6 Å². The van der Waals surface area contributed by atoms with Crippen molar-refractivity contribution in [2.24, 2.45) is 11.1 Å². The van der Waals surface area contributed by atoms with Crippen molar-refractivity contribution in [3.8, 4) is 5.75 Å². The largest absolute Gasteiger partial charge is 0.489 e. The molecule has 0 aliphatic heterocycles. The zero-order valence-electron chi connectivity index (χ0n) is 12.4. The molecule has 0 bridgehead atoms. The summed E-state index contributed by atoms with van der Waals surface area (Å²) in [6.45, 7) is 4.03. The predicted octanol–water partition coefficient (Wildman–Crippen LogP) is 3.75. The van der Waals surface area contributed by atoms with E-state index < -0.39 is 10.0 Å². The number of hydrogen-bond acceptors (Lipinski definition) is 3. The van der Waals surface area contributed by atoms with Crippen molar-refractivity contribution in [2.45, 2.75) is 57.0 Å². The van der Waals surface area contributed by atoms with Crippen LogP contribution < -0.4 is 9.88 Å². The van der Waals surface area contributed by atoms with Crippen LogP contribution in [0.1, 0.15) is 44.6 Å². The first-order chi connectivity index (χ1) is 9.81. The van der Waals surface area contributed by atoms with E-state index in [2.05, 4.69) is 22.9 Å². The first-order valence-corrected chi connectivity index (χ1v) is 9.64. The minimum atomic E-state index is -3.80. The summed E-state index contributed by atoms with van der Waals surface area (Å²) in [5.74, 6) is 1.07. The first kappa shape index (κ1) is 16.8. The van der Waals surface area contributed by atoms with Gasteiger partial charge >= 0.3 is 0 Å². The van der Waals surface area contributed by atoms with Crippen LogP contribution in [0.15, 0.2) is 21.5 Å². The van der Waals surface area contributed by atoms with Crippen molar-refractivity contribution in [1.29, 1.82) is 0 Å². The zero-order valence-corrected chi connectivity index (χ0v) is 14.8. The molecule has 1 fully saturated rings. The molecule has 0 saturated heterocycles. The van der Waals surface area contributed by atoms with Gasteiger partial charge < -0.3 is 4.74 Å². The molecule has 2 atom stereocenters. The number of sulfonamides is 1. The van der Waals surface area contributed by atoms with E-state index in [1.54, 1.807) is 0 Å². The Morgan fingerprint density at radius 1 is 1.38 bits per heavy atom. The van der Waals surface area contributed by atoms with Gasteiger partial charge in [-0.2, -0.15) is 0 Å². The lowest BCUT2D eigenvalue weighted by Crippen LogP contribution is -2.26. The number of rotatable bonds is 4. The van der Waals surface area contributed by atoms with Gasteiger partial charge in [0.05, 0.1) is 6.10 Å². The summed E-state index contributed by atoms with van der Waals surface area (Å²) in [5.41, 5.74) is 0.784. The van der Waals surface area contributed by atoms with Gasteiger partial charge in [-0.1, -0.05) is 35.7 Å². The molecule has 0 heterocycles. The number of benzene rings is 1. The second-order valence-electron chi connectivity index (χ2n) is 5.78. The van der Waals surface area contributed by atoms with Crippen LogP contribution in [0, 0.1) is 12.8 Å². The molecule has 118 valence electrons. The molecular weight excluding hydrogens is 354 g/mol. The molecule has 0 amide bonds. The molecule has 4 nitrogen and oxygen atoms in total. The third-order valence-corrected chi connectivity index (χ3v) is 5.48. The van der Waals surface area contributed by atoms with Gasteiger partial charge in [-0.3, -0.25) is 0 Å². The topological polar surface area (TPSA) is 69.4 Å². The maximum Gasteiger partial charge on any atom is 0.241 e. The molecule has 6 heteroatoms. The molecule has 2 unspecified atom stereocenters. The molecule has 2 N–H and O–H groups in total. The van der Waals surface area contributed by atoms with E-state index in [1.807, 2.05) is 13.0 Å². The van der Waals surface area contributed by atoms with Crippen LogP contribution in [-0.4, -0.2) is 14.5 Å². The lowest BCUT2D eigenvalue weighted by Gasteiger charge is -2.30. The molecular formula is C15H22BrNO3S. The smallest absolute Gasteiger partial charge is 0.241 e. The third-order valence-electron chi connectivity index (χ3n) is 4.11. The molecule has 1 aliphatic carbocycles. The number of hydrogen-bond donors (Lipinski definition) is 1. The quantitative estimate of drug-likeness (QED) is 0.870. The van der Waals surface area contributed by atoms with E-state index in [0.717, 1.165) is 31.2 Å². The molecule has 1 aromatic rings. The Morgan fingerprint density at radius 2 is 2.10 bits per heavy atom. The van der Waals surface area contributed by atoms with Crippen LogP contribution in [0.3, 0.4) is 0 Å². The van der Waals surface area contributed by atoms with Crippen molar-refractivity contribution >= 4 is 26.0 Å². The van der Waals surface area contributed by atoms with Crippen molar-refractivity contribution in [2.75, 3.05) is 0 Å². The monoisotopic (exact) mass is 375 g/mol. The number of ether oxygens (including phenoxy) is 1. The van der Waals surface area contributed by atoms with Gasteiger partial charge in [0.1, 0.15) is 10.6 Å². The summed E-state index contributed by atoms with van der Waals surface area (Å²) in [5, 5.41) is 5.33. The summed E-state index contributed by atoms with van der Waals surface area (Å²) >= 11 is 3.31. The Bertz CT molecular complexity index is 616. The van der Waals surface area contributed by atoms with Crippen molar-refractivity contribution in [1.82, 2.24) is 0 Å². The fraction of sp³-hybridized carbons (Fsp3) is 0.600. The van der Waals surface area contributed by atoms with Crippen LogP contribution in [0.2, 0.25) is 0 Å². The van der Waals surface area contributed by atoms with Gasteiger partial charge in [0.15, 0.2) is 0 Å². The summed E-state index contributed by atoms with van der Waals surface area (Å²) in [7, 11) is -3.80. The number of primary sulfonamides is 1. The van der Waals surface area contributed by atoms with E-state index in [1.165, 1.54) is 12.5 Å². The highest BCUT2D eigenvalue weighted by Gasteiger charge is 2.26. The molecule has 21 heavy (non-hydrogen) atoms. The van der Waals surface area contributed by atoms with E-state index in [9.17, 15) is 8.42 Å². The Kier molecular flexibility index (Phi) is 5.33. The Hall–Kier alpha value is -0.590. The van der Waals surface area contributed by atoms with Crippen LogP contribution in [0.5, 0.6) is 5.75 Å². The lowest BCUT2D eigenvalue weighted by atomic mass is 9.85. The lowest BCUT2D eigenvalue weighted by molar-refractivity contribution is 0.118. The second-order valence-corrected chi connectivity index (χ2v) is 8.22. The van der Waals surface area contributed by atoms with Crippen LogP contribution >= 0.6 is 15.9 Å². The maximum atomic E-state index is 11.8. The summed E-state index contributed by atoms with van der Waals surface area (Å²) < 4.78 is 30.3. The Balaban J connectivity index is 2.31. The van der Waals surface area contributed by atoms with Gasteiger partial charge in [-0.15, -0.1) is 0 Å². The molecule has 0 aromatic heterocycles. The van der Waals surface area contributed by atoms with Crippen LogP contribution in [0.25, 0.3) is 0 Å². The highest BCUT2D eigenvalue weighted by Crippen LogP contribution is 2.35. The van der Waals surface area contributed by atoms with Crippen LogP contribution in [-0.2, 0) is 10.0 Å². The van der Waals surface area contributed by atoms with Crippen molar-refractivity contribution < 1.29 is 13.2 Å². The van der Waals surface area contributed by atoms with Crippen molar-refractivity contribution in [3.05, 3.63) is 22.2 Å². The van der Waals surface area contributed by atoms with Crippen LogP contribution in [0.4, 0.5) is 0 Å². The van der Waals surface area contributed by atoms with E-state index in [-0.39, 0.29) is 11.0 Å². The van der Waals surface area contributed by atoms with E-state index in [0.29, 0.717) is 16.1 Å². The highest BCUT2D eigenvalue weighted by atomic mass is 79.9. The fourth-order valence-electron chi connectivity index (χ4n) is 2.95. The third kappa shape index (κ3) is 4.20. The average Bonchev–Trinajstić information content (AvgIpc) is 2.40. The SMILES string of the molecule is CCC1CCCC(Oc2c(C)cc(Br)cc2S(N)(=O)=O)C1. The normalized spacial score (nSPS) is 23.0. The molecule has 0 spiro atoms. The Labute approximate surface area is 135 Å². The Morgan fingerprint density at radius 3 is 2.71 bits per heavy atom. The fourth-order valence-corrected chi connectivity index (χ4v) is 4.43.